The monoisotopic (exact) mass is 456 g/mol. The second-order valence-electron chi connectivity index (χ2n) is 7.37. The molecule has 3 heterocycles. The van der Waals surface area contributed by atoms with Crippen molar-refractivity contribution in [2.45, 2.75) is 4.90 Å². The van der Waals surface area contributed by atoms with Gasteiger partial charge in [0.05, 0.1) is 23.7 Å². The van der Waals surface area contributed by atoms with Gasteiger partial charge in [-0.2, -0.15) is 4.31 Å². The second-order valence-corrected chi connectivity index (χ2v) is 9.72. The summed E-state index contributed by atoms with van der Waals surface area (Å²) in [6.07, 6.45) is 2.02. The molecule has 1 saturated heterocycles. The number of ether oxygens (including phenoxy) is 1. The molecule has 4 aromatic rings. The van der Waals surface area contributed by atoms with Crippen LogP contribution in [0.3, 0.4) is 0 Å². The second kappa shape index (κ2) is 7.71. The zero-order chi connectivity index (χ0) is 21.6. The summed E-state index contributed by atoms with van der Waals surface area (Å²) in [4.78, 5) is 7.12. The molecule has 7 nitrogen and oxygen atoms in total. The predicted octanol–water partition coefficient (Wildman–Crippen LogP) is 3.66. The lowest BCUT2D eigenvalue weighted by Gasteiger charge is -2.35. The Hall–Kier alpha value is -2.81. The maximum absolute atomic E-state index is 13.3. The van der Waals surface area contributed by atoms with Crippen LogP contribution in [0.15, 0.2) is 65.7 Å². The highest BCUT2D eigenvalue weighted by atomic mass is 35.5. The van der Waals surface area contributed by atoms with Gasteiger partial charge < -0.3 is 14.0 Å². The Morgan fingerprint density at radius 3 is 2.48 bits per heavy atom. The Balaban J connectivity index is 1.44. The highest BCUT2D eigenvalue weighted by Crippen LogP contribution is 2.31. The van der Waals surface area contributed by atoms with Crippen molar-refractivity contribution in [3.8, 4) is 5.75 Å². The fourth-order valence-electron chi connectivity index (χ4n) is 4.07. The van der Waals surface area contributed by atoms with Gasteiger partial charge in [-0.15, -0.1) is 0 Å². The van der Waals surface area contributed by atoms with Crippen LogP contribution in [0.2, 0.25) is 5.02 Å². The molecule has 1 aliphatic rings. The van der Waals surface area contributed by atoms with Crippen molar-refractivity contribution in [1.29, 1.82) is 0 Å². The number of aromatic nitrogens is 2. The number of para-hydroxylation sites is 2. The molecule has 31 heavy (non-hydrogen) atoms. The molecule has 0 amide bonds. The Labute approximate surface area is 185 Å². The quantitative estimate of drug-likeness (QED) is 0.469. The van der Waals surface area contributed by atoms with Crippen molar-refractivity contribution >= 4 is 44.0 Å². The van der Waals surface area contributed by atoms with Crippen molar-refractivity contribution in [3.05, 3.63) is 65.8 Å². The summed E-state index contributed by atoms with van der Waals surface area (Å²) in [6.45, 7) is 1.77. The van der Waals surface area contributed by atoms with E-state index in [4.69, 9.17) is 21.3 Å². The zero-order valence-corrected chi connectivity index (χ0v) is 18.5. The average Bonchev–Trinajstić information content (AvgIpc) is 3.29. The molecular weight excluding hydrogens is 436 g/mol. The first kappa shape index (κ1) is 20.1. The van der Waals surface area contributed by atoms with Gasteiger partial charge in [-0.1, -0.05) is 23.7 Å². The number of rotatable bonds is 4. The first-order valence-electron chi connectivity index (χ1n) is 9.93. The van der Waals surface area contributed by atoms with E-state index in [1.165, 1.54) is 17.5 Å². The summed E-state index contributed by atoms with van der Waals surface area (Å²) in [6, 6.07) is 16.7. The number of anilines is 1. The van der Waals surface area contributed by atoms with Gasteiger partial charge in [-0.05, 0) is 42.5 Å². The van der Waals surface area contributed by atoms with Gasteiger partial charge in [0.15, 0.2) is 5.82 Å². The summed E-state index contributed by atoms with van der Waals surface area (Å²) in [7, 11) is -2.27. The molecule has 0 aliphatic carbocycles. The molecule has 160 valence electrons. The Morgan fingerprint density at radius 2 is 1.71 bits per heavy atom. The molecule has 2 aromatic carbocycles. The standard InChI is InChI=1S/C22H21ClN4O3S/c1-30-20-9-8-16(23)15-21(20)31(28,29)26-13-11-25(12-14-26)22-19-7-4-10-27(19)18-6-3-2-5-17(18)24-22/h2-10,15H,11-14H2,1H3. The average molecular weight is 457 g/mol. The lowest BCUT2D eigenvalue weighted by Crippen LogP contribution is -2.49. The molecule has 0 N–H and O–H groups in total. The van der Waals surface area contributed by atoms with E-state index < -0.39 is 10.0 Å². The topological polar surface area (TPSA) is 67.2 Å². The molecule has 0 saturated carbocycles. The van der Waals surface area contributed by atoms with Crippen molar-refractivity contribution in [1.82, 2.24) is 13.7 Å². The Morgan fingerprint density at radius 1 is 0.968 bits per heavy atom. The van der Waals surface area contributed by atoms with E-state index in [0.29, 0.717) is 31.2 Å². The minimum absolute atomic E-state index is 0.0914. The van der Waals surface area contributed by atoms with Gasteiger partial charge in [0.1, 0.15) is 10.6 Å². The van der Waals surface area contributed by atoms with Gasteiger partial charge >= 0.3 is 0 Å². The highest BCUT2D eigenvalue weighted by Gasteiger charge is 2.32. The third-order valence-corrected chi connectivity index (χ3v) is 7.78. The number of hydrogen-bond acceptors (Lipinski definition) is 5. The first-order chi connectivity index (χ1) is 15.0. The normalized spacial score (nSPS) is 15.6. The highest BCUT2D eigenvalue weighted by molar-refractivity contribution is 7.89. The predicted molar refractivity (Wildman–Crippen MR) is 122 cm³/mol. The molecule has 0 unspecified atom stereocenters. The van der Waals surface area contributed by atoms with Crippen molar-refractivity contribution in [2.24, 2.45) is 0 Å². The fraction of sp³-hybridized carbons (Fsp3) is 0.227. The molecule has 2 aromatic heterocycles. The lowest BCUT2D eigenvalue weighted by atomic mass is 10.2. The number of fused-ring (bicyclic) bond motifs is 3. The van der Waals surface area contributed by atoms with Crippen LogP contribution >= 0.6 is 11.6 Å². The summed E-state index contributed by atoms with van der Waals surface area (Å²) in [5, 5.41) is 0.356. The Bertz CT molecular complexity index is 1380. The van der Waals surface area contributed by atoms with Gasteiger partial charge in [0.2, 0.25) is 10.0 Å². The van der Waals surface area contributed by atoms with Crippen LogP contribution in [0.4, 0.5) is 5.82 Å². The van der Waals surface area contributed by atoms with Crippen LogP contribution in [0.5, 0.6) is 5.75 Å². The number of benzene rings is 2. The van der Waals surface area contributed by atoms with Crippen molar-refractivity contribution in [2.75, 3.05) is 38.2 Å². The number of sulfonamides is 1. The largest absolute Gasteiger partial charge is 0.495 e. The van der Waals surface area contributed by atoms with E-state index >= 15 is 0 Å². The van der Waals surface area contributed by atoms with E-state index in [2.05, 4.69) is 9.30 Å². The van der Waals surface area contributed by atoms with Gasteiger partial charge in [-0.25, -0.2) is 13.4 Å². The van der Waals surface area contributed by atoms with E-state index in [-0.39, 0.29) is 10.6 Å². The van der Waals surface area contributed by atoms with Crippen LogP contribution in [-0.4, -0.2) is 55.4 Å². The molecule has 0 atom stereocenters. The van der Waals surface area contributed by atoms with E-state index in [9.17, 15) is 8.42 Å². The number of methoxy groups -OCH3 is 1. The number of piperazine rings is 1. The smallest absolute Gasteiger partial charge is 0.246 e. The van der Waals surface area contributed by atoms with Gasteiger partial charge in [0, 0.05) is 37.4 Å². The SMILES string of the molecule is COc1ccc(Cl)cc1S(=O)(=O)N1CCN(c2nc3ccccc3n3cccc23)CC1. The minimum Gasteiger partial charge on any atom is -0.495 e. The van der Waals surface area contributed by atoms with E-state index in [1.54, 1.807) is 12.1 Å². The van der Waals surface area contributed by atoms with E-state index in [0.717, 1.165) is 22.4 Å². The Kier molecular flexibility index (Phi) is 5.00. The van der Waals surface area contributed by atoms with Crippen molar-refractivity contribution in [3.63, 3.8) is 0 Å². The summed E-state index contributed by atoms with van der Waals surface area (Å²) in [5.41, 5.74) is 2.95. The number of nitrogens with zero attached hydrogens (tertiary/aromatic N) is 4. The van der Waals surface area contributed by atoms with Crippen molar-refractivity contribution < 1.29 is 13.2 Å². The number of halogens is 1. The maximum atomic E-state index is 13.3. The van der Waals surface area contributed by atoms with Crippen LogP contribution in [-0.2, 0) is 10.0 Å². The van der Waals surface area contributed by atoms with Crippen LogP contribution < -0.4 is 9.64 Å². The molecule has 9 heteroatoms. The molecule has 0 radical (unpaired) electrons. The van der Waals surface area contributed by atoms with Gasteiger partial charge in [-0.3, -0.25) is 0 Å². The first-order valence-corrected chi connectivity index (χ1v) is 11.8. The summed E-state index contributed by atoms with van der Waals surface area (Å²) < 4.78 is 35.4. The maximum Gasteiger partial charge on any atom is 0.246 e. The fourth-order valence-corrected chi connectivity index (χ4v) is 5.91. The third-order valence-electron chi connectivity index (χ3n) is 5.63. The molecule has 5 rings (SSSR count). The van der Waals surface area contributed by atoms with Crippen LogP contribution in [0, 0.1) is 0 Å². The lowest BCUT2D eigenvalue weighted by molar-refractivity contribution is 0.374. The third kappa shape index (κ3) is 3.40. The molecule has 1 fully saturated rings. The van der Waals surface area contributed by atoms with E-state index in [1.807, 2.05) is 42.6 Å². The summed E-state index contributed by atoms with van der Waals surface area (Å²) in [5.74, 6) is 1.15. The molecular formula is C22H21ClN4O3S. The molecule has 0 bridgehead atoms. The van der Waals surface area contributed by atoms with Crippen LogP contribution in [0.1, 0.15) is 0 Å². The van der Waals surface area contributed by atoms with Gasteiger partial charge in [0.25, 0.3) is 0 Å². The zero-order valence-electron chi connectivity index (χ0n) is 16.9. The van der Waals surface area contributed by atoms with Crippen LogP contribution in [0.25, 0.3) is 16.6 Å². The molecule has 1 aliphatic heterocycles. The summed E-state index contributed by atoms with van der Waals surface area (Å²) >= 11 is 6.06. The number of hydrogen-bond donors (Lipinski definition) is 0. The minimum atomic E-state index is -3.73. The molecule has 0 spiro atoms.